The van der Waals surface area contributed by atoms with Gasteiger partial charge in [-0.05, 0) is 35.8 Å². The molecule has 1 aromatic carbocycles. The predicted octanol–water partition coefficient (Wildman–Crippen LogP) is 5.11. The fraction of sp³-hybridized carbons (Fsp3) is 0.278. The van der Waals surface area contributed by atoms with Gasteiger partial charge in [-0.25, -0.2) is 4.98 Å². The molecule has 0 unspecified atom stereocenters. The van der Waals surface area contributed by atoms with Crippen molar-refractivity contribution in [3.8, 4) is 10.6 Å². The van der Waals surface area contributed by atoms with Crippen LogP contribution in [0.25, 0.3) is 10.6 Å². The Labute approximate surface area is 138 Å². The van der Waals surface area contributed by atoms with Gasteiger partial charge in [-0.15, -0.1) is 11.3 Å². The van der Waals surface area contributed by atoms with Crippen LogP contribution in [-0.2, 0) is 6.54 Å². The first kappa shape index (κ1) is 14.1. The van der Waals surface area contributed by atoms with E-state index in [1.54, 1.807) is 22.7 Å². The summed E-state index contributed by atoms with van der Waals surface area (Å²) in [6.45, 7) is 0.844. The van der Waals surface area contributed by atoms with E-state index < -0.39 is 0 Å². The average molecular weight is 326 g/mol. The Hall–Kier alpha value is -1.49. The van der Waals surface area contributed by atoms with Gasteiger partial charge >= 0.3 is 0 Å². The van der Waals surface area contributed by atoms with Gasteiger partial charge in [-0.1, -0.05) is 30.3 Å². The zero-order valence-electron chi connectivity index (χ0n) is 12.2. The summed E-state index contributed by atoms with van der Waals surface area (Å²) in [4.78, 5) is 4.76. The van der Waals surface area contributed by atoms with E-state index in [9.17, 15) is 0 Å². The molecule has 1 N–H and O–H groups in total. The Morgan fingerprint density at radius 1 is 1.14 bits per heavy atom. The van der Waals surface area contributed by atoms with Gasteiger partial charge in [-0.3, -0.25) is 0 Å². The lowest BCUT2D eigenvalue weighted by Gasteiger charge is -2.18. The van der Waals surface area contributed by atoms with Crippen molar-refractivity contribution in [3.05, 3.63) is 63.8 Å². The lowest BCUT2D eigenvalue weighted by molar-refractivity contribution is 0.477. The van der Waals surface area contributed by atoms with Crippen molar-refractivity contribution >= 4 is 22.7 Å². The number of aromatic nitrogens is 1. The highest BCUT2D eigenvalue weighted by Crippen LogP contribution is 2.41. The highest BCUT2D eigenvalue weighted by molar-refractivity contribution is 7.14. The normalized spacial score (nSPS) is 15.8. The fourth-order valence-electron chi connectivity index (χ4n) is 2.77. The van der Waals surface area contributed by atoms with Crippen LogP contribution in [-0.4, -0.2) is 4.98 Å². The molecule has 0 saturated heterocycles. The molecule has 0 amide bonds. The average Bonchev–Trinajstić information content (AvgIpc) is 3.05. The number of hydrogen-bond donors (Lipinski definition) is 1. The molecule has 2 nitrogen and oxygen atoms in total. The maximum Gasteiger partial charge on any atom is 0.124 e. The summed E-state index contributed by atoms with van der Waals surface area (Å²) in [6, 6.07) is 13.4. The summed E-state index contributed by atoms with van der Waals surface area (Å²) >= 11 is 3.46. The second kappa shape index (κ2) is 6.32. The molecule has 22 heavy (non-hydrogen) atoms. The molecule has 1 fully saturated rings. The number of rotatable bonds is 6. The minimum atomic E-state index is 0.465. The van der Waals surface area contributed by atoms with E-state index in [0.717, 1.165) is 23.2 Å². The van der Waals surface area contributed by atoms with Crippen LogP contribution in [0.1, 0.15) is 30.1 Å². The van der Waals surface area contributed by atoms with E-state index in [4.69, 9.17) is 4.98 Å². The van der Waals surface area contributed by atoms with Crippen LogP contribution in [0.4, 0.5) is 0 Å². The van der Waals surface area contributed by atoms with Crippen molar-refractivity contribution in [2.45, 2.75) is 25.4 Å². The van der Waals surface area contributed by atoms with Crippen molar-refractivity contribution in [1.29, 1.82) is 0 Å². The third kappa shape index (κ3) is 3.14. The standard InChI is InChI=1S/C18H18N2S2/c1-2-4-13(5-3-1)17(14-6-7-14)19-10-16-12-22-18(20-16)15-8-9-21-11-15/h1-5,8-9,11-12,14,17,19H,6-7,10H2/t17-/m1/s1. The van der Waals surface area contributed by atoms with E-state index in [1.165, 1.54) is 24.0 Å². The van der Waals surface area contributed by atoms with E-state index >= 15 is 0 Å². The van der Waals surface area contributed by atoms with Crippen LogP contribution in [0.2, 0.25) is 0 Å². The van der Waals surface area contributed by atoms with Crippen molar-refractivity contribution in [1.82, 2.24) is 10.3 Å². The molecular formula is C18H18N2S2. The molecule has 112 valence electrons. The Morgan fingerprint density at radius 3 is 2.73 bits per heavy atom. The zero-order valence-corrected chi connectivity index (χ0v) is 13.9. The largest absolute Gasteiger partial charge is 0.304 e. The van der Waals surface area contributed by atoms with Gasteiger partial charge in [0.05, 0.1) is 5.69 Å². The molecular weight excluding hydrogens is 308 g/mol. The zero-order chi connectivity index (χ0) is 14.8. The third-order valence-electron chi connectivity index (χ3n) is 4.08. The number of thiophene rings is 1. The number of hydrogen-bond acceptors (Lipinski definition) is 4. The van der Waals surface area contributed by atoms with Crippen LogP contribution >= 0.6 is 22.7 Å². The molecule has 4 rings (SSSR count). The predicted molar refractivity (Wildman–Crippen MR) is 94.2 cm³/mol. The van der Waals surface area contributed by atoms with Crippen molar-refractivity contribution in [2.24, 2.45) is 5.92 Å². The number of nitrogens with one attached hydrogen (secondary N) is 1. The summed E-state index contributed by atoms with van der Waals surface area (Å²) in [6.07, 6.45) is 2.67. The van der Waals surface area contributed by atoms with Gasteiger partial charge in [0, 0.05) is 28.9 Å². The summed E-state index contributed by atoms with van der Waals surface area (Å²) in [7, 11) is 0. The van der Waals surface area contributed by atoms with E-state index in [2.05, 4.69) is 57.9 Å². The quantitative estimate of drug-likeness (QED) is 0.680. The van der Waals surface area contributed by atoms with E-state index in [1.807, 2.05) is 0 Å². The summed E-state index contributed by atoms with van der Waals surface area (Å²) in [5.41, 5.74) is 3.79. The molecule has 0 spiro atoms. The Balaban J connectivity index is 1.45. The first-order valence-electron chi connectivity index (χ1n) is 7.65. The SMILES string of the molecule is c1ccc([C@@H](NCc2csc(-c3ccsc3)n2)C2CC2)cc1. The molecule has 3 aromatic rings. The van der Waals surface area contributed by atoms with Crippen LogP contribution in [0.5, 0.6) is 0 Å². The van der Waals surface area contributed by atoms with Gasteiger partial charge in [0.25, 0.3) is 0 Å². The number of thiazole rings is 1. The molecule has 1 aliphatic rings. The fourth-order valence-corrected chi connectivity index (χ4v) is 4.30. The minimum Gasteiger partial charge on any atom is -0.304 e. The van der Waals surface area contributed by atoms with E-state index in [0.29, 0.717) is 6.04 Å². The molecule has 2 heterocycles. The van der Waals surface area contributed by atoms with Crippen LogP contribution in [0.3, 0.4) is 0 Å². The Morgan fingerprint density at radius 2 is 2.00 bits per heavy atom. The van der Waals surface area contributed by atoms with Crippen LogP contribution < -0.4 is 5.32 Å². The first-order chi connectivity index (χ1) is 10.9. The Kier molecular flexibility index (Phi) is 4.06. The van der Waals surface area contributed by atoms with Crippen LogP contribution in [0, 0.1) is 5.92 Å². The molecule has 1 aliphatic carbocycles. The molecule has 1 atom stereocenters. The molecule has 0 bridgehead atoms. The highest BCUT2D eigenvalue weighted by Gasteiger charge is 2.31. The topological polar surface area (TPSA) is 24.9 Å². The second-order valence-corrected chi connectivity index (χ2v) is 7.40. The first-order valence-corrected chi connectivity index (χ1v) is 9.48. The summed E-state index contributed by atoms with van der Waals surface area (Å²) in [5.74, 6) is 0.789. The van der Waals surface area contributed by atoms with Crippen molar-refractivity contribution < 1.29 is 0 Å². The van der Waals surface area contributed by atoms with Crippen molar-refractivity contribution in [2.75, 3.05) is 0 Å². The molecule has 4 heteroatoms. The number of benzene rings is 1. The lowest BCUT2D eigenvalue weighted by Crippen LogP contribution is -2.22. The summed E-state index contributed by atoms with van der Waals surface area (Å²) in [5, 5.41) is 11.3. The van der Waals surface area contributed by atoms with Gasteiger partial charge in [-0.2, -0.15) is 11.3 Å². The smallest absolute Gasteiger partial charge is 0.124 e. The monoisotopic (exact) mass is 326 g/mol. The second-order valence-electron chi connectivity index (χ2n) is 5.76. The van der Waals surface area contributed by atoms with Gasteiger partial charge in [0.15, 0.2) is 0 Å². The van der Waals surface area contributed by atoms with E-state index in [-0.39, 0.29) is 0 Å². The maximum absolute atomic E-state index is 4.76. The van der Waals surface area contributed by atoms with Crippen molar-refractivity contribution in [3.63, 3.8) is 0 Å². The van der Waals surface area contributed by atoms with Gasteiger partial charge < -0.3 is 5.32 Å². The molecule has 2 aromatic heterocycles. The minimum absolute atomic E-state index is 0.465. The highest BCUT2D eigenvalue weighted by atomic mass is 32.1. The lowest BCUT2D eigenvalue weighted by atomic mass is 10.0. The number of nitrogens with zero attached hydrogens (tertiary/aromatic N) is 1. The van der Waals surface area contributed by atoms with Gasteiger partial charge in [0.2, 0.25) is 0 Å². The summed E-state index contributed by atoms with van der Waals surface area (Å²) < 4.78 is 0. The Bertz CT molecular complexity index is 715. The molecule has 1 saturated carbocycles. The van der Waals surface area contributed by atoms with Crippen LogP contribution in [0.15, 0.2) is 52.5 Å². The molecule has 0 radical (unpaired) electrons. The molecule has 0 aliphatic heterocycles. The third-order valence-corrected chi connectivity index (χ3v) is 5.70. The van der Waals surface area contributed by atoms with Gasteiger partial charge in [0.1, 0.15) is 5.01 Å². The maximum atomic E-state index is 4.76.